The Morgan fingerprint density at radius 1 is 1.10 bits per heavy atom. The average molecular weight is 524 g/mol. The highest BCUT2D eigenvalue weighted by Gasteiger charge is 2.07. The third-order valence-corrected chi connectivity index (χ3v) is 4.33. The summed E-state index contributed by atoms with van der Waals surface area (Å²) >= 11 is 0. The van der Waals surface area contributed by atoms with Crippen LogP contribution >= 0.6 is 24.0 Å². The number of furan rings is 1. The molecule has 0 saturated carbocycles. The smallest absolute Gasteiger partial charge is 0.226 e. The highest BCUT2D eigenvalue weighted by Crippen LogP contribution is 2.19. The predicted molar refractivity (Wildman–Crippen MR) is 128 cm³/mol. The molecule has 0 aliphatic heterocycles. The van der Waals surface area contributed by atoms with Crippen molar-refractivity contribution in [1.82, 2.24) is 15.6 Å². The molecule has 0 unspecified atom stereocenters. The van der Waals surface area contributed by atoms with Gasteiger partial charge in [-0.15, -0.1) is 24.0 Å². The van der Waals surface area contributed by atoms with Crippen molar-refractivity contribution >= 4 is 29.9 Å². The number of rotatable bonds is 10. The minimum atomic E-state index is 0. The lowest BCUT2D eigenvalue weighted by atomic mass is 10.1. The van der Waals surface area contributed by atoms with Crippen molar-refractivity contribution in [2.45, 2.75) is 26.4 Å². The fraction of sp³-hybridized carbons (Fsp3) is 0.364. The minimum Gasteiger partial charge on any atom is -0.467 e. The van der Waals surface area contributed by atoms with Crippen molar-refractivity contribution in [2.24, 2.45) is 4.99 Å². The van der Waals surface area contributed by atoms with Gasteiger partial charge in [-0.05, 0) is 37.6 Å². The monoisotopic (exact) mass is 524 g/mol. The van der Waals surface area contributed by atoms with Gasteiger partial charge in [-0.3, -0.25) is 4.99 Å². The second kappa shape index (κ2) is 13.1. The number of oxazole rings is 1. The molecule has 1 aromatic carbocycles. The molecule has 0 radical (unpaired) electrons. The second-order valence-electron chi connectivity index (χ2n) is 6.67. The van der Waals surface area contributed by atoms with Gasteiger partial charge in [-0.25, -0.2) is 4.98 Å². The summed E-state index contributed by atoms with van der Waals surface area (Å²) in [6.45, 7) is 4.72. The number of aliphatic imine (C=N–C) groups is 1. The van der Waals surface area contributed by atoms with Gasteiger partial charge in [0.2, 0.25) is 5.89 Å². The molecule has 2 heterocycles. The molecule has 2 N–H and O–H groups in total. The number of nitrogens with one attached hydrogen (secondary N) is 2. The lowest BCUT2D eigenvalue weighted by molar-refractivity contribution is 0.105. The van der Waals surface area contributed by atoms with Crippen LogP contribution in [0.4, 0.5) is 0 Å². The maximum absolute atomic E-state index is 5.60. The lowest BCUT2D eigenvalue weighted by Crippen LogP contribution is -2.39. The minimum absolute atomic E-state index is 0. The number of aryl methyl sites for hydroxylation is 1. The molecule has 0 amide bonds. The Kier molecular flexibility index (Phi) is 10.4. The van der Waals surface area contributed by atoms with Gasteiger partial charge in [-0.2, -0.15) is 0 Å². The first-order valence-corrected chi connectivity index (χ1v) is 9.80. The fourth-order valence-corrected chi connectivity index (χ4v) is 2.73. The third kappa shape index (κ3) is 7.83. The topological polar surface area (TPSA) is 84.8 Å². The van der Waals surface area contributed by atoms with Gasteiger partial charge >= 0.3 is 0 Å². The Morgan fingerprint density at radius 3 is 2.63 bits per heavy atom. The molecule has 0 fully saturated rings. The number of aromatic nitrogens is 1. The Labute approximate surface area is 194 Å². The lowest BCUT2D eigenvalue weighted by Gasteiger charge is -2.11. The number of hydrogen-bond acceptors (Lipinski definition) is 5. The molecule has 0 aliphatic rings. The zero-order valence-corrected chi connectivity index (χ0v) is 19.7. The first kappa shape index (κ1) is 23.9. The van der Waals surface area contributed by atoms with Crippen LogP contribution in [0.1, 0.15) is 23.4 Å². The third-order valence-electron chi connectivity index (χ3n) is 4.33. The SMILES string of the molecule is CN=C(NCCCOCc1ccco1)NCCc1coc(-c2ccc(C)cc2)n1.I. The first-order valence-electron chi connectivity index (χ1n) is 9.80. The van der Waals surface area contributed by atoms with Crippen molar-refractivity contribution in [1.29, 1.82) is 0 Å². The van der Waals surface area contributed by atoms with E-state index in [9.17, 15) is 0 Å². The van der Waals surface area contributed by atoms with Crippen LogP contribution in [0.15, 0.2) is 62.8 Å². The highest BCUT2D eigenvalue weighted by molar-refractivity contribution is 14.0. The first-order chi connectivity index (χ1) is 14.2. The Hall–Kier alpha value is -2.33. The van der Waals surface area contributed by atoms with Gasteiger partial charge in [0.1, 0.15) is 18.6 Å². The van der Waals surface area contributed by atoms with Gasteiger partial charge in [0.05, 0.1) is 12.0 Å². The normalized spacial score (nSPS) is 11.2. The van der Waals surface area contributed by atoms with Crippen LogP contribution in [-0.2, 0) is 17.8 Å². The Morgan fingerprint density at radius 2 is 1.90 bits per heavy atom. The number of halogens is 1. The summed E-state index contributed by atoms with van der Waals surface area (Å²) in [7, 11) is 1.76. The summed E-state index contributed by atoms with van der Waals surface area (Å²) in [5, 5.41) is 6.57. The van der Waals surface area contributed by atoms with Crippen LogP contribution in [0.2, 0.25) is 0 Å². The van der Waals surface area contributed by atoms with Crippen LogP contribution in [0.5, 0.6) is 0 Å². The summed E-state index contributed by atoms with van der Waals surface area (Å²) in [6.07, 6.45) is 4.99. The molecule has 0 bridgehead atoms. The summed E-state index contributed by atoms with van der Waals surface area (Å²) in [5.41, 5.74) is 3.11. The standard InChI is InChI=1S/C22H28N4O3.HI/c1-17-6-8-18(9-7-17)21-26-19(15-29-21)10-12-25-22(23-2)24-11-4-13-27-16-20-5-3-14-28-20;/h3,5-9,14-15H,4,10-13,16H2,1-2H3,(H2,23,24,25);1H. The van der Waals surface area contributed by atoms with Crippen molar-refractivity contribution < 1.29 is 13.6 Å². The molecule has 3 rings (SSSR count). The molecular weight excluding hydrogens is 495 g/mol. The van der Waals surface area contributed by atoms with Gasteiger partial charge < -0.3 is 24.2 Å². The Balaban J connectivity index is 0.00000320. The average Bonchev–Trinajstić information content (AvgIpc) is 3.42. The molecule has 8 heteroatoms. The molecular formula is C22H29IN4O3. The summed E-state index contributed by atoms with van der Waals surface area (Å²) < 4.78 is 16.4. The molecule has 2 aromatic heterocycles. The number of hydrogen-bond donors (Lipinski definition) is 2. The molecule has 0 aliphatic carbocycles. The van der Waals surface area contributed by atoms with Gasteiger partial charge in [0.15, 0.2) is 5.96 Å². The molecule has 30 heavy (non-hydrogen) atoms. The number of ether oxygens (including phenoxy) is 1. The van der Waals surface area contributed by atoms with Crippen LogP contribution in [0.25, 0.3) is 11.5 Å². The summed E-state index contributed by atoms with van der Waals surface area (Å²) in [5.74, 6) is 2.25. The molecule has 0 atom stereocenters. The molecule has 0 spiro atoms. The second-order valence-corrected chi connectivity index (χ2v) is 6.67. The molecule has 162 valence electrons. The van der Waals surface area contributed by atoms with E-state index in [0.29, 0.717) is 25.6 Å². The fourth-order valence-electron chi connectivity index (χ4n) is 2.73. The number of guanidine groups is 1. The van der Waals surface area contributed by atoms with Crippen LogP contribution in [-0.4, -0.2) is 37.7 Å². The van der Waals surface area contributed by atoms with Gasteiger partial charge in [0.25, 0.3) is 0 Å². The molecule has 0 saturated heterocycles. The Bertz CT molecular complexity index is 876. The number of nitrogens with zero attached hydrogens (tertiary/aromatic N) is 2. The van der Waals surface area contributed by atoms with Gasteiger partial charge in [-0.1, -0.05) is 17.7 Å². The van der Waals surface area contributed by atoms with Crippen LogP contribution in [0.3, 0.4) is 0 Å². The van der Waals surface area contributed by atoms with E-state index in [-0.39, 0.29) is 24.0 Å². The van der Waals surface area contributed by atoms with E-state index in [1.807, 2.05) is 24.3 Å². The van der Waals surface area contributed by atoms with E-state index in [1.165, 1.54) is 5.56 Å². The van der Waals surface area contributed by atoms with E-state index in [4.69, 9.17) is 13.6 Å². The zero-order valence-electron chi connectivity index (χ0n) is 17.4. The predicted octanol–water partition coefficient (Wildman–Crippen LogP) is 4.18. The van der Waals surface area contributed by atoms with Crippen molar-refractivity contribution in [2.75, 3.05) is 26.7 Å². The van der Waals surface area contributed by atoms with E-state index in [2.05, 4.69) is 39.7 Å². The summed E-state index contributed by atoms with van der Waals surface area (Å²) in [6, 6.07) is 11.9. The highest BCUT2D eigenvalue weighted by atomic mass is 127. The van der Waals surface area contributed by atoms with E-state index < -0.39 is 0 Å². The molecule has 3 aromatic rings. The maximum atomic E-state index is 5.60. The van der Waals surface area contributed by atoms with Crippen molar-refractivity contribution in [3.05, 3.63) is 65.9 Å². The number of benzene rings is 1. The van der Waals surface area contributed by atoms with Crippen molar-refractivity contribution in [3.63, 3.8) is 0 Å². The van der Waals surface area contributed by atoms with Crippen LogP contribution in [0, 0.1) is 6.92 Å². The van der Waals surface area contributed by atoms with E-state index >= 15 is 0 Å². The maximum Gasteiger partial charge on any atom is 0.226 e. The van der Waals surface area contributed by atoms with Gasteiger partial charge in [0, 0.05) is 38.7 Å². The van der Waals surface area contributed by atoms with Crippen LogP contribution < -0.4 is 10.6 Å². The quantitative estimate of drug-likeness (QED) is 0.179. The van der Waals surface area contributed by atoms with Crippen molar-refractivity contribution in [3.8, 4) is 11.5 Å². The largest absolute Gasteiger partial charge is 0.467 e. The van der Waals surface area contributed by atoms with E-state index in [1.54, 1.807) is 19.6 Å². The van der Waals surface area contributed by atoms with E-state index in [0.717, 1.165) is 42.4 Å². The zero-order chi connectivity index (χ0) is 20.3. The molecule has 7 nitrogen and oxygen atoms in total. The summed E-state index contributed by atoms with van der Waals surface area (Å²) in [4.78, 5) is 8.79.